The molecule has 0 amide bonds. The molecule has 556 valence electrons. The van der Waals surface area contributed by atoms with E-state index in [-0.39, 0.29) is 37.7 Å². The van der Waals surface area contributed by atoms with Crippen LogP contribution < -0.4 is 18.9 Å². The van der Waals surface area contributed by atoms with Gasteiger partial charge in [-0.3, -0.25) is 38.3 Å². The van der Waals surface area contributed by atoms with E-state index in [9.17, 15) is 20.1 Å². The number of hydrogen-bond acceptors (Lipinski definition) is 18. The molecule has 6 aromatic carbocycles. The normalized spacial score (nSPS) is 10.5. The Kier molecular flexibility index (Phi) is 25.8. The van der Waals surface area contributed by atoms with Crippen molar-refractivity contribution in [2.45, 2.75) is 67.7 Å². The van der Waals surface area contributed by atoms with E-state index in [1.807, 2.05) is 186 Å². The molecule has 22 nitrogen and oxygen atoms in total. The summed E-state index contributed by atoms with van der Waals surface area (Å²) >= 11 is 12.0. The summed E-state index contributed by atoms with van der Waals surface area (Å²) in [5, 5.41) is 55.5. The van der Waals surface area contributed by atoms with E-state index in [2.05, 4.69) is 64.6 Å². The van der Waals surface area contributed by atoms with Crippen molar-refractivity contribution in [1.29, 1.82) is 21.0 Å². The maximum atomic E-state index is 12.1. The van der Waals surface area contributed by atoms with E-state index in [1.54, 1.807) is 122 Å². The van der Waals surface area contributed by atoms with Crippen LogP contribution in [0.1, 0.15) is 56.8 Å². The fourth-order valence-corrected chi connectivity index (χ4v) is 13.2. The zero-order valence-corrected chi connectivity index (χ0v) is 64.5. The number of carbonyl (C=O) groups is 2. The van der Waals surface area contributed by atoms with Crippen LogP contribution in [0.15, 0.2) is 219 Å². The summed E-state index contributed by atoms with van der Waals surface area (Å²) in [5.74, 6) is 2.98. The van der Waals surface area contributed by atoms with E-state index < -0.39 is 0 Å². The second-order valence-corrected chi connectivity index (χ2v) is 26.5. The molecule has 0 fully saturated rings. The van der Waals surface area contributed by atoms with Gasteiger partial charge in [-0.25, -0.2) is 9.97 Å². The van der Waals surface area contributed by atoms with Crippen molar-refractivity contribution in [2.24, 2.45) is 0 Å². The molecule has 0 aliphatic heterocycles. The van der Waals surface area contributed by atoms with Crippen LogP contribution in [-0.4, -0.2) is 99.1 Å². The molecule has 8 heterocycles. The van der Waals surface area contributed by atoms with Crippen molar-refractivity contribution in [3.63, 3.8) is 0 Å². The van der Waals surface area contributed by atoms with Gasteiger partial charge in [0.1, 0.15) is 70.9 Å². The minimum atomic E-state index is -0.0119. The lowest BCUT2D eigenvalue weighted by molar-refractivity contribution is 0.101. The van der Waals surface area contributed by atoms with Crippen LogP contribution in [0.25, 0.3) is 112 Å². The maximum absolute atomic E-state index is 12.1. The van der Waals surface area contributed by atoms with Gasteiger partial charge in [0.25, 0.3) is 0 Å². The molecule has 0 bridgehead atoms. The average molecular weight is 1520 g/mol. The van der Waals surface area contributed by atoms with Gasteiger partial charge in [-0.2, -0.15) is 41.4 Å². The van der Waals surface area contributed by atoms with Gasteiger partial charge in [0.15, 0.2) is 11.6 Å². The van der Waals surface area contributed by atoms with Crippen LogP contribution in [-0.2, 0) is 26.2 Å². The molecule has 0 N–H and O–H groups in total. The van der Waals surface area contributed by atoms with Crippen molar-refractivity contribution in [3.8, 4) is 159 Å². The van der Waals surface area contributed by atoms with Crippen LogP contribution >= 0.6 is 23.2 Å². The number of carbonyl (C=O) groups excluding carboxylic acids is 2. The summed E-state index contributed by atoms with van der Waals surface area (Å²) in [6.07, 6.45) is 14.0. The molecule has 0 aliphatic rings. The van der Waals surface area contributed by atoms with Crippen molar-refractivity contribution in [1.82, 2.24) is 59.1 Å². The van der Waals surface area contributed by atoms with Crippen molar-refractivity contribution < 1.29 is 28.5 Å². The van der Waals surface area contributed by atoms with Gasteiger partial charge in [0.05, 0.1) is 87.9 Å². The van der Waals surface area contributed by atoms with E-state index in [1.165, 1.54) is 0 Å². The highest BCUT2D eigenvalue weighted by atomic mass is 35.5. The first-order valence-corrected chi connectivity index (χ1v) is 35.8. The first kappa shape index (κ1) is 78.9. The summed E-state index contributed by atoms with van der Waals surface area (Å²) < 4.78 is 28.2. The first-order chi connectivity index (χ1) is 54.2. The number of nitriles is 4. The highest BCUT2D eigenvalue weighted by molar-refractivity contribution is 6.30. The third-order valence-electron chi connectivity index (χ3n) is 17.7. The molecule has 24 heteroatoms. The molecule has 0 spiro atoms. The van der Waals surface area contributed by atoms with Gasteiger partial charge < -0.3 is 18.9 Å². The number of nitrogens with zero attached hydrogens (tertiary/aromatic N) is 16. The molecule has 0 saturated heterocycles. The van der Waals surface area contributed by atoms with E-state index in [0.717, 1.165) is 146 Å². The molecule has 0 atom stereocenters. The molecular weight excluding hydrogens is 1450 g/mol. The van der Waals surface area contributed by atoms with Crippen molar-refractivity contribution >= 4 is 34.8 Å². The quantitative estimate of drug-likeness (QED) is 0.0506. The molecule has 112 heavy (non-hydrogen) atoms. The average Bonchev–Trinajstić information content (AvgIpc) is 1.62. The zero-order valence-electron chi connectivity index (χ0n) is 63.0. The Morgan fingerprint density at radius 3 is 1.04 bits per heavy atom. The Morgan fingerprint density at radius 2 is 0.696 bits per heavy atom. The number of aromatic nitrogens is 12. The van der Waals surface area contributed by atoms with Crippen molar-refractivity contribution in [3.05, 3.63) is 263 Å². The molecule has 0 saturated carbocycles. The minimum Gasteiger partial charge on any atom is -0.497 e. The SMILES string of the molecule is COc1cc(C)cc(-c2c(-c3ccnc(-c4ccccc4C(C)=O)c3)cnn2CC#N)c1.COc1cc(C)cc(-c2c(-c3ccnc(Cl)c3)cnn2CC#N)c1.COc1cc(C)cc(-c2nn(CC#N)cc2-c2ccnc(-c3ccccc3C(C)=O)c2)c1.COc1cc(C)cc(-c2nn(CC#N)cc2-c2ccnc(Cl)c2)c1. The molecule has 14 rings (SSSR count). The topological polar surface area (TPSA) is 289 Å². The highest BCUT2D eigenvalue weighted by Crippen LogP contribution is 2.41. The van der Waals surface area contributed by atoms with Crippen molar-refractivity contribution in [2.75, 3.05) is 28.4 Å². The fourth-order valence-electron chi connectivity index (χ4n) is 12.8. The summed E-state index contributed by atoms with van der Waals surface area (Å²) in [4.78, 5) is 41.3. The highest BCUT2D eigenvalue weighted by Gasteiger charge is 2.23. The summed E-state index contributed by atoms with van der Waals surface area (Å²) in [7, 11) is 6.54. The molecule has 0 unspecified atom stereocenters. The Morgan fingerprint density at radius 1 is 0.375 bits per heavy atom. The molecule has 8 aromatic heterocycles. The van der Waals surface area contributed by atoms with Crippen LogP contribution in [0.5, 0.6) is 23.0 Å². The summed E-state index contributed by atoms with van der Waals surface area (Å²) in [6.45, 7) is 11.7. The van der Waals surface area contributed by atoms with Gasteiger partial charge in [0.2, 0.25) is 0 Å². The maximum Gasteiger partial charge on any atom is 0.160 e. The second kappa shape index (κ2) is 36.6. The third kappa shape index (κ3) is 18.9. The molecule has 0 radical (unpaired) electrons. The minimum absolute atomic E-state index is 0.0119. The van der Waals surface area contributed by atoms with Crippen LogP contribution in [0.4, 0.5) is 0 Å². The van der Waals surface area contributed by atoms with Gasteiger partial charge in [-0.1, -0.05) is 71.7 Å². The number of aryl methyl sites for hydroxylation is 4. The third-order valence-corrected chi connectivity index (χ3v) is 18.1. The van der Waals surface area contributed by atoms with E-state index >= 15 is 0 Å². The van der Waals surface area contributed by atoms with Gasteiger partial charge in [-0.05, 0) is 207 Å². The largest absolute Gasteiger partial charge is 0.497 e. The Balaban J connectivity index is 0.000000149. The predicted molar refractivity (Wildman–Crippen MR) is 432 cm³/mol. The van der Waals surface area contributed by atoms with E-state index in [0.29, 0.717) is 32.8 Å². The van der Waals surface area contributed by atoms with Gasteiger partial charge in [-0.15, -0.1) is 0 Å². The van der Waals surface area contributed by atoms with Crippen LogP contribution in [0.2, 0.25) is 10.3 Å². The number of hydrogen-bond donors (Lipinski definition) is 0. The zero-order chi connectivity index (χ0) is 79.5. The number of pyridine rings is 4. The Bertz CT molecular complexity index is 5850. The fraction of sp³-hybridized carbons (Fsp3) is 0.159. The summed E-state index contributed by atoms with van der Waals surface area (Å²) in [5.41, 5.74) is 22.4. The number of benzene rings is 6. The number of ether oxygens (including phenoxy) is 4. The van der Waals surface area contributed by atoms with Crippen LogP contribution in [0.3, 0.4) is 0 Å². The summed E-state index contributed by atoms with van der Waals surface area (Å²) in [6, 6.07) is 62.2. The lowest BCUT2D eigenvalue weighted by Crippen LogP contribution is -2.01. The smallest absolute Gasteiger partial charge is 0.160 e. The standard InChI is InChI=1S/2C26H22N4O2.2C18H15ClN4O/c1-17-12-20(14-21(13-17)32-3)26-24(16-30(29-26)11-9-27)19-8-10-28-25(15-19)23-7-5-4-6-22(23)18(2)31;1-17-12-20(14-21(13-17)32-3)26-24(16-29-30(26)11-9-27)19-8-10-28-25(15-19)23-7-5-4-6-22(23)18(2)31;1-12-7-14(9-15(8-12)24-2)18-16(11-23(22-18)6-4-20)13-3-5-21-17(19)10-13;1-12-7-14(9-15(8-12)24-2)18-16(11-22-23(18)6-4-20)13-3-5-21-17(19)10-13/h2*4-8,10,12-16H,11H2,1-3H3;2*3,5,7-11H,6H2,1-2H3. The lowest BCUT2D eigenvalue weighted by atomic mass is 9.97. The molecule has 14 aromatic rings. The first-order valence-electron chi connectivity index (χ1n) is 35.0. The number of halogens is 2. The predicted octanol–water partition coefficient (Wildman–Crippen LogP) is 18.9. The van der Waals surface area contributed by atoms with Crippen LogP contribution in [0, 0.1) is 73.0 Å². The van der Waals surface area contributed by atoms with E-state index in [4.69, 9.17) is 52.7 Å². The number of ketones is 2. The van der Waals surface area contributed by atoms with Gasteiger partial charge in [0, 0.05) is 104 Å². The lowest BCUT2D eigenvalue weighted by Gasteiger charge is -2.12. The van der Waals surface area contributed by atoms with Gasteiger partial charge >= 0.3 is 0 Å². The Hall–Kier alpha value is -14.2. The number of rotatable bonds is 20. The molecular formula is C88H74Cl2N16O6. The molecule has 0 aliphatic carbocycles. The monoisotopic (exact) mass is 1520 g/mol. The number of Topliss-reactive ketones (excluding diaryl/α,β-unsaturated/α-hetero) is 2. The number of methoxy groups -OCH3 is 4. The Labute approximate surface area is 658 Å². The second-order valence-electron chi connectivity index (χ2n) is 25.7.